The minimum atomic E-state index is -0.995. The zero-order valence-corrected chi connectivity index (χ0v) is 29.4. The number of carboxylic acid groups (broad SMARTS) is 1. The number of aromatic nitrogens is 3. The van der Waals surface area contributed by atoms with E-state index in [9.17, 15) is 14.3 Å². The zero-order valence-electron chi connectivity index (χ0n) is 28.6. The Hall–Kier alpha value is -4.89. The van der Waals surface area contributed by atoms with Crippen molar-refractivity contribution in [1.82, 2.24) is 14.5 Å². The molecule has 0 aliphatic rings. The maximum Gasteiger partial charge on any atom is 0.309 e. The molecule has 0 bridgehead atoms. The summed E-state index contributed by atoms with van der Waals surface area (Å²) < 4.78 is 27.4. The van der Waals surface area contributed by atoms with E-state index in [1.807, 2.05) is 42.5 Å². The molecule has 0 unspecified atom stereocenters. The summed E-state index contributed by atoms with van der Waals surface area (Å²) in [4.78, 5) is 22.7. The fourth-order valence-corrected chi connectivity index (χ4v) is 6.93. The predicted octanol–water partition coefficient (Wildman–Crippen LogP) is 9.57. The lowest BCUT2D eigenvalue weighted by Crippen LogP contribution is -2.28. The molecule has 0 radical (unpaired) electrons. The van der Waals surface area contributed by atoms with Crippen molar-refractivity contribution >= 4 is 39.5 Å². The number of rotatable bonds is 11. The van der Waals surface area contributed by atoms with Crippen LogP contribution in [0, 0.1) is 11.2 Å². The second kappa shape index (κ2) is 13.6. The minimum Gasteiger partial charge on any atom is -0.487 e. The second-order valence-corrected chi connectivity index (χ2v) is 15.6. The van der Waals surface area contributed by atoms with E-state index in [1.54, 1.807) is 38.8 Å². The monoisotopic (exact) mass is 677 g/mol. The number of pyridine rings is 2. The Balaban J connectivity index is 1.39. The molecule has 0 fully saturated rings. The van der Waals surface area contributed by atoms with Gasteiger partial charge in [0, 0.05) is 56.2 Å². The third-order valence-corrected chi connectivity index (χ3v) is 9.58. The van der Waals surface area contributed by atoms with Gasteiger partial charge in [0.2, 0.25) is 5.88 Å². The largest absolute Gasteiger partial charge is 0.487 e. The minimum absolute atomic E-state index is 0.141. The molecular weight excluding hydrogens is 638 g/mol. The number of benzene rings is 3. The summed E-state index contributed by atoms with van der Waals surface area (Å²) >= 11 is 1.74. The molecule has 6 aromatic rings. The van der Waals surface area contributed by atoms with Crippen molar-refractivity contribution in [2.24, 2.45) is 5.41 Å². The van der Waals surface area contributed by atoms with Crippen molar-refractivity contribution < 1.29 is 23.8 Å². The van der Waals surface area contributed by atoms with Crippen molar-refractivity contribution in [1.29, 1.82) is 0 Å². The van der Waals surface area contributed by atoms with Crippen LogP contribution in [0.4, 0.5) is 4.39 Å². The van der Waals surface area contributed by atoms with E-state index in [1.165, 1.54) is 12.1 Å². The van der Waals surface area contributed by atoms with Crippen molar-refractivity contribution in [2.75, 3.05) is 7.11 Å². The summed E-state index contributed by atoms with van der Waals surface area (Å²) in [6.45, 7) is 10.8. The molecule has 0 saturated carbocycles. The van der Waals surface area contributed by atoms with Crippen molar-refractivity contribution in [3.63, 3.8) is 0 Å². The van der Waals surface area contributed by atoms with E-state index in [4.69, 9.17) is 9.47 Å². The number of ether oxygens (including phenoxy) is 2. The van der Waals surface area contributed by atoms with Gasteiger partial charge in [-0.3, -0.25) is 4.79 Å². The summed E-state index contributed by atoms with van der Waals surface area (Å²) in [6.07, 6.45) is 0.346. The average molecular weight is 678 g/mol. The summed E-state index contributed by atoms with van der Waals surface area (Å²) in [5, 5.41) is 11.9. The lowest BCUT2D eigenvalue weighted by atomic mass is 9.88. The quantitative estimate of drug-likeness (QED) is 0.137. The highest BCUT2D eigenvalue weighted by Gasteiger charge is 2.33. The van der Waals surface area contributed by atoms with E-state index < -0.39 is 11.4 Å². The number of nitrogens with zero attached hydrogens (tertiary/aromatic N) is 3. The van der Waals surface area contributed by atoms with Gasteiger partial charge in [-0.15, -0.1) is 11.8 Å². The van der Waals surface area contributed by atoms with E-state index >= 15 is 0 Å². The molecular formula is C40H40FN3O4S. The first-order valence-electron chi connectivity index (χ1n) is 16.2. The van der Waals surface area contributed by atoms with Crippen molar-refractivity contribution in [3.8, 4) is 22.9 Å². The maximum absolute atomic E-state index is 13.7. The molecule has 0 aliphatic carbocycles. The second-order valence-electron chi connectivity index (χ2n) is 13.8. The summed E-state index contributed by atoms with van der Waals surface area (Å²) in [5.74, 6) is 0.0982. The summed E-state index contributed by atoms with van der Waals surface area (Å²) in [5.41, 5.74) is 5.30. The van der Waals surface area contributed by atoms with Gasteiger partial charge in [0.15, 0.2) is 0 Å². The van der Waals surface area contributed by atoms with Crippen LogP contribution in [-0.4, -0.2) is 37.5 Å². The average Bonchev–Trinajstić information content (AvgIpc) is 3.32. The first kappa shape index (κ1) is 34.0. The Kier molecular flexibility index (Phi) is 9.40. The maximum atomic E-state index is 13.7. The molecule has 7 nitrogen and oxygen atoms in total. The third kappa shape index (κ3) is 7.73. The first-order valence-corrected chi connectivity index (χ1v) is 17.0. The normalized spacial score (nSPS) is 12.1. The number of carboxylic acids is 1. The molecule has 9 heteroatoms. The molecule has 0 saturated heterocycles. The van der Waals surface area contributed by atoms with Gasteiger partial charge in [0.05, 0.1) is 29.4 Å². The van der Waals surface area contributed by atoms with Crippen molar-refractivity contribution in [3.05, 3.63) is 114 Å². The fourth-order valence-electron chi connectivity index (χ4n) is 5.75. The topological polar surface area (TPSA) is 86.5 Å². The SMILES string of the molecule is COc1cccc(-c2ccc(Cn3c(CC(C)(C)C(=O)O)c(SC(C)(C)C)c4cc(OCc5ccc6cc(F)ccc6n5)ccc43)cc2)n1. The summed E-state index contributed by atoms with van der Waals surface area (Å²) in [7, 11) is 1.60. The number of thioether (sulfide) groups is 1. The number of hydrogen-bond donors (Lipinski definition) is 1. The highest BCUT2D eigenvalue weighted by molar-refractivity contribution is 8.00. The van der Waals surface area contributed by atoms with Gasteiger partial charge in [-0.05, 0) is 67.9 Å². The molecule has 0 spiro atoms. The summed E-state index contributed by atoms with van der Waals surface area (Å²) in [6, 6.07) is 28.3. The molecule has 0 aliphatic heterocycles. The molecule has 49 heavy (non-hydrogen) atoms. The van der Waals surface area contributed by atoms with Crippen LogP contribution in [0.25, 0.3) is 33.1 Å². The number of methoxy groups -OCH3 is 1. The lowest BCUT2D eigenvalue weighted by Gasteiger charge is -2.24. The molecule has 0 atom stereocenters. The molecule has 6 rings (SSSR count). The Bertz CT molecular complexity index is 2150. The number of fused-ring (bicyclic) bond motifs is 2. The number of aliphatic carboxylic acids is 1. The van der Waals surface area contributed by atoms with Crippen LogP contribution < -0.4 is 9.47 Å². The van der Waals surface area contributed by atoms with Gasteiger partial charge < -0.3 is 19.1 Å². The zero-order chi connectivity index (χ0) is 34.9. The Morgan fingerprint density at radius 2 is 1.69 bits per heavy atom. The predicted molar refractivity (Wildman–Crippen MR) is 194 cm³/mol. The van der Waals surface area contributed by atoms with Crippen LogP contribution in [-0.2, 0) is 24.4 Å². The van der Waals surface area contributed by atoms with E-state index in [0.717, 1.165) is 49.4 Å². The first-order chi connectivity index (χ1) is 23.3. The van der Waals surface area contributed by atoms with Crippen molar-refractivity contribution in [2.45, 2.75) is 63.8 Å². The standard InChI is InChI=1S/C40H40FN3O4S/c1-39(2,3)49-37-31-21-30(48-24-29-16-14-27-20-28(41)15-18-33(27)42-29)17-19-34(31)44(35(37)22-40(4,5)38(45)46)23-25-10-12-26(13-11-25)32-8-7-9-36(43-32)47-6/h7-21H,22-24H2,1-6H3,(H,45,46). The molecule has 3 aromatic heterocycles. The van der Waals surface area contributed by atoms with Crippen LogP contribution in [0.2, 0.25) is 0 Å². The Morgan fingerprint density at radius 1 is 0.918 bits per heavy atom. The van der Waals surface area contributed by atoms with Gasteiger partial charge in [-0.2, -0.15) is 0 Å². The fraction of sp³-hybridized carbons (Fsp3) is 0.275. The molecule has 1 N–H and O–H groups in total. The Labute approximate surface area is 290 Å². The van der Waals surface area contributed by atoms with Gasteiger partial charge in [0.25, 0.3) is 0 Å². The molecule has 3 aromatic carbocycles. The van der Waals surface area contributed by atoms with Crippen LogP contribution >= 0.6 is 11.8 Å². The number of hydrogen-bond acceptors (Lipinski definition) is 6. The van der Waals surface area contributed by atoms with Crippen LogP contribution in [0.5, 0.6) is 11.6 Å². The van der Waals surface area contributed by atoms with E-state index in [2.05, 4.69) is 65.6 Å². The van der Waals surface area contributed by atoms with Gasteiger partial charge in [-0.1, -0.05) is 57.2 Å². The van der Waals surface area contributed by atoms with Crippen LogP contribution in [0.3, 0.4) is 0 Å². The van der Waals surface area contributed by atoms with Gasteiger partial charge in [-0.25, -0.2) is 14.4 Å². The highest BCUT2D eigenvalue weighted by atomic mass is 32.2. The highest BCUT2D eigenvalue weighted by Crippen LogP contribution is 2.44. The third-order valence-electron chi connectivity index (χ3n) is 8.31. The molecule has 3 heterocycles. The van der Waals surface area contributed by atoms with E-state index in [-0.39, 0.29) is 17.2 Å². The molecule has 252 valence electrons. The van der Waals surface area contributed by atoms with Gasteiger partial charge >= 0.3 is 5.97 Å². The lowest BCUT2D eigenvalue weighted by molar-refractivity contribution is -0.146. The van der Waals surface area contributed by atoms with Crippen LogP contribution in [0.1, 0.15) is 51.6 Å². The molecule has 0 amide bonds. The van der Waals surface area contributed by atoms with Gasteiger partial charge in [0.1, 0.15) is 18.2 Å². The number of halogens is 1. The van der Waals surface area contributed by atoms with E-state index in [0.29, 0.717) is 30.1 Å². The number of carbonyl (C=O) groups is 1. The smallest absolute Gasteiger partial charge is 0.309 e. The van der Waals surface area contributed by atoms with Crippen LogP contribution in [0.15, 0.2) is 95.9 Å². The Morgan fingerprint density at radius 3 is 2.41 bits per heavy atom.